The Labute approximate surface area is 89.7 Å². The van der Waals surface area contributed by atoms with Crippen LogP contribution in [-0.2, 0) is 14.3 Å². The van der Waals surface area contributed by atoms with Crippen LogP contribution in [0, 0.1) is 0 Å². The monoisotopic (exact) mass is 220 g/mol. The zero-order valence-electron chi connectivity index (χ0n) is 9.23. The molecule has 2 atom stereocenters. The number of hydrogen-bond donors (Lipinski definition) is 3. The number of nitrogens with one attached hydrogen (secondary N) is 1. The van der Waals surface area contributed by atoms with Gasteiger partial charge in [0.1, 0.15) is 6.10 Å². The van der Waals surface area contributed by atoms with E-state index < -0.39 is 12.2 Å². The molecule has 2 unspecified atom stereocenters. The fourth-order valence-corrected chi connectivity index (χ4v) is 1.06. The summed E-state index contributed by atoms with van der Waals surface area (Å²) in [7, 11) is 2.94. The van der Waals surface area contributed by atoms with Crippen LogP contribution in [0.15, 0.2) is 0 Å². The summed E-state index contributed by atoms with van der Waals surface area (Å²) >= 11 is 0. The fourth-order valence-electron chi connectivity index (χ4n) is 1.06. The average Bonchev–Trinajstić information content (AvgIpc) is 2.20. The Morgan fingerprint density at radius 1 is 1.53 bits per heavy atom. The quantitative estimate of drug-likeness (QED) is 0.461. The van der Waals surface area contributed by atoms with Crippen molar-refractivity contribution in [2.75, 3.05) is 33.9 Å². The fraction of sp³-hybridized carbons (Fsp3) is 0.889. The molecule has 15 heavy (non-hydrogen) atoms. The largest absolute Gasteiger partial charge is 0.391 e. The van der Waals surface area contributed by atoms with Gasteiger partial charge in [-0.25, -0.2) is 0 Å². The van der Waals surface area contributed by atoms with E-state index in [0.717, 1.165) is 0 Å². The van der Waals surface area contributed by atoms with E-state index in [4.69, 9.17) is 15.2 Å². The first kappa shape index (κ1) is 14.3. The summed E-state index contributed by atoms with van der Waals surface area (Å²) in [5.41, 5.74) is 5.31. The lowest BCUT2D eigenvalue weighted by Crippen LogP contribution is -2.41. The summed E-state index contributed by atoms with van der Waals surface area (Å²) < 4.78 is 9.59. The maximum absolute atomic E-state index is 11.3. The minimum Gasteiger partial charge on any atom is -0.391 e. The summed E-state index contributed by atoms with van der Waals surface area (Å²) in [6, 6.07) is 0. The van der Waals surface area contributed by atoms with E-state index in [1.54, 1.807) is 0 Å². The molecule has 0 rings (SSSR count). The highest BCUT2D eigenvalue weighted by Crippen LogP contribution is 1.92. The second-order valence-electron chi connectivity index (χ2n) is 3.15. The van der Waals surface area contributed by atoms with Crippen LogP contribution in [0.1, 0.15) is 6.42 Å². The van der Waals surface area contributed by atoms with Crippen molar-refractivity contribution in [1.29, 1.82) is 0 Å². The van der Waals surface area contributed by atoms with Crippen molar-refractivity contribution in [3.63, 3.8) is 0 Å². The SMILES string of the molecule is COCC(O)CCNC(=O)C(CN)OC. The lowest BCUT2D eigenvalue weighted by Gasteiger charge is -2.14. The van der Waals surface area contributed by atoms with Gasteiger partial charge < -0.3 is 25.6 Å². The van der Waals surface area contributed by atoms with E-state index in [0.29, 0.717) is 13.0 Å². The second kappa shape index (κ2) is 8.60. The molecule has 0 aliphatic heterocycles. The molecule has 0 aliphatic carbocycles. The van der Waals surface area contributed by atoms with Gasteiger partial charge in [0.2, 0.25) is 5.91 Å². The number of methoxy groups -OCH3 is 2. The van der Waals surface area contributed by atoms with E-state index in [1.807, 2.05) is 0 Å². The number of aliphatic hydroxyl groups is 1. The molecule has 0 spiro atoms. The van der Waals surface area contributed by atoms with Crippen molar-refractivity contribution in [3.05, 3.63) is 0 Å². The maximum Gasteiger partial charge on any atom is 0.250 e. The van der Waals surface area contributed by atoms with Crippen LogP contribution in [0.2, 0.25) is 0 Å². The van der Waals surface area contributed by atoms with Crippen molar-refractivity contribution >= 4 is 5.91 Å². The Hall–Kier alpha value is -0.690. The third kappa shape index (κ3) is 6.40. The molecule has 0 heterocycles. The lowest BCUT2D eigenvalue weighted by atomic mass is 10.2. The Kier molecular flexibility index (Phi) is 8.21. The van der Waals surface area contributed by atoms with Crippen molar-refractivity contribution in [3.8, 4) is 0 Å². The van der Waals surface area contributed by atoms with Gasteiger partial charge in [-0.15, -0.1) is 0 Å². The molecule has 0 fully saturated rings. The molecule has 0 aliphatic rings. The van der Waals surface area contributed by atoms with Crippen molar-refractivity contribution in [2.45, 2.75) is 18.6 Å². The van der Waals surface area contributed by atoms with Crippen molar-refractivity contribution in [2.24, 2.45) is 5.73 Å². The Bertz CT molecular complexity index is 173. The molecule has 6 nitrogen and oxygen atoms in total. The normalized spacial score (nSPS) is 14.7. The molecular formula is C9H20N2O4. The van der Waals surface area contributed by atoms with Crippen LogP contribution >= 0.6 is 0 Å². The highest BCUT2D eigenvalue weighted by molar-refractivity contribution is 5.80. The molecule has 0 aromatic heterocycles. The number of ether oxygens (including phenoxy) is 2. The first-order valence-corrected chi connectivity index (χ1v) is 4.83. The van der Waals surface area contributed by atoms with Crippen LogP contribution < -0.4 is 11.1 Å². The standard InChI is InChI=1S/C9H20N2O4/c1-14-6-7(12)3-4-11-9(13)8(5-10)15-2/h7-8,12H,3-6,10H2,1-2H3,(H,11,13). The number of aliphatic hydroxyl groups excluding tert-OH is 1. The minimum atomic E-state index is -0.621. The van der Waals surface area contributed by atoms with Crippen molar-refractivity contribution in [1.82, 2.24) is 5.32 Å². The lowest BCUT2D eigenvalue weighted by molar-refractivity contribution is -0.130. The van der Waals surface area contributed by atoms with E-state index in [9.17, 15) is 9.90 Å². The summed E-state index contributed by atoms with van der Waals surface area (Å²) in [6.45, 7) is 0.784. The molecule has 0 saturated carbocycles. The average molecular weight is 220 g/mol. The number of carbonyl (C=O) groups is 1. The number of rotatable bonds is 8. The highest BCUT2D eigenvalue weighted by atomic mass is 16.5. The minimum absolute atomic E-state index is 0.142. The number of carbonyl (C=O) groups excluding carboxylic acids is 1. The maximum atomic E-state index is 11.3. The summed E-state index contributed by atoms with van der Waals surface area (Å²) in [5.74, 6) is -0.260. The van der Waals surface area contributed by atoms with Gasteiger partial charge in [-0.3, -0.25) is 4.79 Å². The Balaban J connectivity index is 3.62. The Morgan fingerprint density at radius 3 is 2.67 bits per heavy atom. The number of hydrogen-bond acceptors (Lipinski definition) is 5. The molecule has 0 aromatic rings. The molecular weight excluding hydrogens is 200 g/mol. The van der Waals surface area contributed by atoms with Gasteiger partial charge in [-0.1, -0.05) is 0 Å². The van der Waals surface area contributed by atoms with Gasteiger partial charge in [0.15, 0.2) is 0 Å². The van der Waals surface area contributed by atoms with Gasteiger partial charge in [-0.2, -0.15) is 0 Å². The van der Waals surface area contributed by atoms with Gasteiger partial charge in [-0.05, 0) is 6.42 Å². The molecule has 0 aromatic carbocycles. The predicted octanol–water partition coefficient (Wildman–Crippen LogP) is -1.53. The molecule has 6 heteroatoms. The van der Waals surface area contributed by atoms with Crippen LogP contribution in [-0.4, -0.2) is 57.1 Å². The third-order valence-electron chi connectivity index (χ3n) is 1.93. The zero-order chi connectivity index (χ0) is 11.7. The van der Waals surface area contributed by atoms with E-state index in [2.05, 4.69) is 5.32 Å². The van der Waals surface area contributed by atoms with Gasteiger partial charge >= 0.3 is 0 Å². The van der Waals surface area contributed by atoms with Gasteiger partial charge in [0.05, 0.1) is 12.7 Å². The highest BCUT2D eigenvalue weighted by Gasteiger charge is 2.15. The summed E-state index contributed by atoms with van der Waals surface area (Å²) in [5, 5.41) is 11.9. The molecule has 0 bridgehead atoms. The van der Waals surface area contributed by atoms with Crippen LogP contribution in [0.25, 0.3) is 0 Å². The van der Waals surface area contributed by atoms with Crippen LogP contribution in [0.5, 0.6) is 0 Å². The topological polar surface area (TPSA) is 93.8 Å². The Morgan fingerprint density at radius 2 is 2.20 bits per heavy atom. The van der Waals surface area contributed by atoms with Crippen LogP contribution in [0.4, 0.5) is 0 Å². The van der Waals surface area contributed by atoms with E-state index in [-0.39, 0.29) is 19.1 Å². The third-order valence-corrected chi connectivity index (χ3v) is 1.93. The summed E-state index contributed by atoms with van der Waals surface area (Å²) in [6.07, 6.45) is -0.737. The number of nitrogens with two attached hydrogens (primary N) is 1. The van der Waals surface area contributed by atoms with E-state index in [1.165, 1.54) is 14.2 Å². The van der Waals surface area contributed by atoms with Crippen LogP contribution in [0.3, 0.4) is 0 Å². The smallest absolute Gasteiger partial charge is 0.250 e. The van der Waals surface area contributed by atoms with Gasteiger partial charge in [0.25, 0.3) is 0 Å². The van der Waals surface area contributed by atoms with Crippen molar-refractivity contribution < 1.29 is 19.4 Å². The molecule has 0 radical (unpaired) electrons. The molecule has 90 valence electrons. The first-order valence-electron chi connectivity index (χ1n) is 4.83. The van der Waals surface area contributed by atoms with E-state index >= 15 is 0 Å². The summed E-state index contributed by atoms with van der Waals surface area (Å²) in [4.78, 5) is 11.3. The molecule has 0 saturated heterocycles. The number of amides is 1. The molecule has 4 N–H and O–H groups in total. The zero-order valence-corrected chi connectivity index (χ0v) is 9.23. The first-order chi connectivity index (χ1) is 7.15. The second-order valence-corrected chi connectivity index (χ2v) is 3.15. The van der Waals surface area contributed by atoms with Gasteiger partial charge in [0, 0.05) is 27.3 Å². The molecule has 1 amide bonds. The predicted molar refractivity (Wildman–Crippen MR) is 55.4 cm³/mol.